The minimum Gasteiger partial charge on any atom is -0.465 e. The number of ether oxygens (including phenoxy) is 1. The van der Waals surface area contributed by atoms with Crippen molar-refractivity contribution in [2.24, 2.45) is 7.05 Å². The van der Waals surface area contributed by atoms with Gasteiger partial charge < -0.3 is 14.2 Å². The smallest absolute Gasteiger partial charge is 0.337 e. The van der Waals surface area contributed by atoms with Gasteiger partial charge in [0.15, 0.2) is 0 Å². The first-order valence-electron chi connectivity index (χ1n) is 9.29. The monoisotopic (exact) mass is 386 g/mol. The molecule has 2 aromatic heterocycles. The fraction of sp³-hybridized carbons (Fsp3) is 0.174. The van der Waals surface area contributed by atoms with Gasteiger partial charge in [-0.2, -0.15) is 0 Å². The molecule has 0 radical (unpaired) electrons. The van der Waals surface area contributed by atoms with E-state index >= 15 is 0 Å². The zero-order chi connectivity index (χ0) is 20.5. The number of rotatable bonds is 4. The summed E-state index contributed by atoms with van der Waals surface area (Å²) in [7, 11) is 5.31. The lowest BCUT2D eigenvalue weighted by Gasteiger charge is -2.19. The van der Waals surface area contributed by atoms with Crippen LogP contribution in [-0.4, -0.2) is 34.7 Å². The molecule has 0 fully saturated rings. The third-order valence-electron chi connectivity index (χ3n) is 5.13. The Morgan fingerprint density at radius 1 is 1.14 bits per heavy atom. The van der Waals surface area contributed by atoms with Crippen LogP contribution in [0.15, 0.2) is 60.9 Å². The average molecular weight is 386 g/mol. The molecule has 0 aliphatic carbocycles. The standard InChI is InChI=1S/C23H22N4O2/c1-15-11-21-20(13-19(15)17-8-6-10-24-14-17)25-23(27(21)3)26(2)18-9-5-7-16(12-18)22(28)29-4/h5-14H,1-4H3. The van der Waals surface area contributed by atoms with Gasteiger partial charge in [0.05, 0.1) is 23.7 Å². The van der Waals surface area contributed by atoms with Crippen molar-refractivity contribution in [2.45, 2.75) is 6.92 Å². The van der Waals surface area contributed by atoms with E-state index in [4.69, 9.17) is 9.72 Å². The molecule has 0 N–H and O–H groups in total. The maximum Gasteiger partial charge on any atom is 0.337 e. The molecule has 146 valence electrons. The lowest BCUT2D eigenvalue weighted by Crippen LogP contribution is -2.15. The van der Waals surface area contributed by atoms with Gasteiger partial charge in [-0.05, 0) is 54.4 Å². The van der Waals surface area contributed by atoms with Crippen LogP contribution in [0.25, 0.3) is 22.2 Å². The quantitative estimate of drug-likeness (QED) is 0.483. The SMILES string of the molecule is COC(=O)c1cccc(N(C)c2nc3cc(-c4cccnc4)c(C)cc3n2C)c1. The van der Waals surface area contributed by atoms with Crippen LogP contribution in [0.1, 0.15) is 15.9 Å². The van der Waals surface area contributed by atoms with Crippen LogP contribution in [0.2, 0.25) is 0 Å². The van der Waals surface area contributed by atoms with Crippen molar-refractivity contribution < 1.29 is 9.53 Å². The Hall–Kier alpha value is -3.67. The first-order chi connectivity index (χ1) is 14.0. The molecule has 6 nitrogen and oxygen atoms in total. The summed E-state index contributed by atoms with van der Waals surface area (Å²) in [6.45, 7) is 2.10. The number of imidazole rings is 1. The predicted octanol–water partition coefficient (Wildman–Crippen LogP) is 4.50. The Kier molecular flexibility index (Phi) is 4.76. The van der Waals surface area contributed by atoms with Crippen LogP contribution in [0, 0.1) is 6.92 Å². The third kappa shape index (κ3) is 3.33. The molecule has 0 unspecified atom stereocenters. The molecular formula is C23H22N4O2. The number of pyridine rings is 1. The van der Waals surface area contributed by atoms with Gasteiger partial charge in [0.2, 0.25) is 5.95 Å². The maximum absolute atomic E-state index is 11.9. The lowest BCUT2D eigenvalue weighted by atomic mass is 10.0. The Bertz CT molecular complexity index is 1200. The number of fused-ring (bicyclic) bond motifs is 1. The van der Waals surface area contributed by atoms with E-state index in [-0.39, 0.29) is 5.97 Å². The molecule has 0 saturated heterocycles. The number of anilines is 2. The summed E-state index contributed by atoms with van der Waals surface area (Å²) < 4.78 is 6.89. The molecule has 0 amide bonds. The average Bonchev–Trinajstić information content (AvgIpc) is 3.08. The second-order valence-corrected chi connectivity index (χ2v) is 6.97. The highest BCUT2D eigenvalue weighted by atomic mass is 16.5. The van der Waals surface area contributed by atoms with Crippen LogP contribution >= 0.6 is 0 Å². The van der Waals surface area contributed by atoms with Crippen molar-refractivity contribution in [2.75, 3.05) is 19.1 Å². The molecule has 0 spiro atoms. The van der Waals surface area contributed by atoms with Crippen molar-refractivity contribution >= 4 is 28.6 Å². The van der Waals surface area contributed by atoms with Crippen molar-refractivity contribution in [3.63, 3.8) is 0 Å². The molecule has 6 heteroatoms. The number of carbonyl (C=O) groups is 1. The Labute approximate surface area is 169 Å². The van der Waals surface area contributed by atoms with Crippen molar-refractivity contribution in [3.8, 4) is 11.1 Å². The summed E-state index contributed by atoms with van der Waals surface area (Å²) in [6.07, 6.45) is 3.64. The minimum atomic E-state index is -0.359. The topological polar surface area (TPSA) is 60.2 Å². The van der Waals surface area contributed by atoms with Gasteiger partial charge in [0.25, 0.3) is 0 Å². The molecule has 4 rings (SSSR count). The molecule has 29 heavy (non-hydrogen) atoms. The maximum atomic E-state index is 11.9. The number of benzene rings is 2. The zero-order valence-corrected chi connectivity index (χ0v) is 16.9. The van der Waals surface area contributed by atoms with E-state index in [1.807, 2.05) is 43.4 Å². The Morgan fingerprint density at radius 2 is 1.97 bits per heavy atom. The van der Waals surface area contributed by atoms with Gasteiger partial charge in [0.1, 0.15) is 0 Å². The summed E-state index contributed by atoms with van der Waals surface area (Å²) in [6, 6.07) is 15.6. The number of nitrogens with zero attached hydrogens (tertiary/aromatic N) is 4. The van der Waals surface area contributed by atoms with E-state index in [1.165, 1.54) is 7.11 Å². The molecule has 0 bridgehead atoms. The highest BCUT2D eigenvalue weighted by molar-refractivity contribution is 5.91. The van der Waals surface area contributed by atoms with Crippen molar-refractivity contribution in [3.05, 3.63) is 72.1 Å². The third-order valence-corrected chi connectivity index (χ3v) is 5.13. The normalized spacial score (nSPS) is 10.9. The molecule has 0 atom stereocenters. The number of esters is 1. The first kappa shape index (κ1) is 18.7. The summed E-state index contributed by atoms with van der Waals surface area (Å²) in [5.41, 5.74) is 6.66. The van der Waals surface area contributed by atoms with E-state index in [1.54, 1.807) is 18.3 Å². The fourth-order valence-electron chi connectivity index (χ4n) is 3.54. The Balaban J connectivity index is 1.79. The molecule has 2 heterocycles. The van der Waals surface area contributed by atoms with Gasteiger partial charge in [-0.25, -0.2) is 9.78 Å². The van der Waals surface area contributed by atoms with Gasteiger partial charge in [-0.1, -0.05) is 12.1 Å². The number of methoxy groups -OCH3 is 1. The number of hydrogen-bond acceptors (Lipinski definition) is 5. The zero-order valence-electron chi connectivity index (χ0n) is 16.9. The first-order valence-corrected chi connectivity index (χ1v) is 9.29. The number of aromatic nitrogens is 3. The number of carbonyl (C=O) groups excluding carboxylic acids is 1. The summed E-state index contributed by atoms with van der Waals surface area (Å²) >= 11 is 0. The largest absolute Gasteiger partial charge is 0.465 e. The lowest BCUT2D eigenvalue weighted by molar-refractivity contribution is 0.0601. The van der Waals surface area contributed by atoms with Gasteiger partial charge in [0, 0.05) is 37.7 Å². The number of aryl methyl sites for hydroxylation is 2. The molecule has 0 aliphatic rings. The van der Waals surface area contributed by atoms with Gasteiger partial charge in [-0.3, -0.25) is 4.98 Å². The van der Waals surface area contributed by atoms with E-state index in [0.717, 1.165) is 39.4 Å². The van der Waals surface area contributed by atoms with Gasteiger partial charge in [-0.15, -0.1) is 0 Å². The second kappa shape index (κ2) is 7.39. The highest BCUT2D eigenvalue weighted by Crippen LogP contribution is 2.31. The van der Waals surface area contributed by atoms with Crippen LogP contribution in [0.3, 0.4) is 0 Å². The molecular weight excluding hydrogens is 364 g/mol. The van der Waals surface area contributed by atoms with Gasteiger partial charge >= 0.3 is 5.97 Å². The van der Waals surface area contributed by atoms with Crippen LogP contribution in [-0.2, 0) is 11.8 Å². The molecule has 0 saturated carbocycles. The second-order valence-electron chi connectivity index (χ2n) is 6.97. The number of hydrogen-bond donors (Lipinski definition) is 0. The van der Waals surface area contributed by atoms with E-state index in [9.17, 15) is 4.79 Å². The van der Waals surface area contributed by atoms with E-state index in [2.05, 4.69) is 34.7 Å². The van der Waals surface area contributed by atoms with E-state index < -0.39 is 0 Å². The summed E-state index contributed by atoms with van der Waals surface area (Å²) in [5.74, 6) is 0.423. The molecule has 4 aromatic rings. The fourth-order valence-corrected chi connectivity index (χ4v) is 3.54. The minimum absolute atomic E-state index is 0.359. The van der Waals surface area contributed by atoms with Crippen LogP contribution < -0.4 is 4.90 Å². The van der Waals surface area contributed by atoms with Crippen LogP contribution in [0.4, 0.5) is 11.6 Å². The highest BCUT2D eigenvalue weighted by Gasteiger charge is 2.17. The summed E-state index contributed by atoms with van der Waals surface area (Å²) in [4.78, 5) is 22.9. The van der Waals surface area contributed by atoms with Crippen molar-refractivity contribution in [1.29, 1.82) is 0 Å². The predicted molar refractivity (Wildman–Crippen MR) is 115 cm³/mol. The van der Waals surface area contributed by atoms with Crippen LogP contribution in [0.5, 0.6) is 0 Å². The molecule has 2 aromatic carbocycles. The summed E-state index contributed by atoms with van der Waals surface area (Å²) in [5, 5.41) is 0. The van der Waals surface area contributed by atoms with E-state index in [0.29, 0.717) is 5.56 Å². The van der Waals surface area contributed by atoms with Crippen molar-refractivity contribution in [1.82, 2.24) is 14.5 Å². The Morgan fingerprint density at radius 3 is 2.69 bits per heavy atom. The molecule has 0 aliphatic heterocycles.